The van der Waals surface area contributed by atoms with E-state index in [4.69, 9.17) is 4.42 Å². The highest BCUT2D eigenvalue weighted by Crippen LogP contribution is 2.35. The lowest BCUT2D eigenvalue weighted by molar-refractivity contribution is 0.0944. The molecule has 1 aliphatic carbocycles. The average Bonchev–Trinajstić information content (AvgIpc) is 3.36. The van der Waals surface area contributed by atoms with Crippen LogP contribution in [0, 0.1) is 24.2 Å². The SMILES string of the molecule is Cc1cc(C#N)n2ncc(C(=O)NCC3CCC(c4ccco4)CC3)c2n1. The van der Waals surface area contributed by atoms with Crippen LogP contribution in [0.2, 0.25) is 0 Å². The van der Waals surface area contributed by atoms with Crippen LogP contribution in [-0.4, -0.2) is 27.0 Å². The zero-order chi connectivity index (χ0) is 18.8. The van der Waals surface area contributed by atoms with Gasteiger partial charge in [-0.3, -0.25) is 4.79 Å². The van der Waals surface area contributed by atoms with Gasteiger partial charge < -0.3 is 9.73 Å². The number of amides is 1. The van der Waals surface area contributed by atoms with Gasteiger partial charge in [-0.2, -0.15) is 10.4 Å². The number of furan rings is 1. The molecular weight excluding hydrogens is 342 g/mol. The number of hydrogen-bond acceptors (Lipinski definition) is 5. The van der Waals surface area contributed by atoms with Gasteiger partial charge in [0.1, 0.15) is 23.1 Å². The highest BCUT2D eigenvalue weighted by atomic mass is 16.3. The van der Waals surface area contributed by atoms with Crippen molar-refractivity contribution in [3.8, 4) is 6.07 Å². The third kappa shape index (κ3) is 3.43. The summed E-state index contributed by atoms with van der Waals surface area (Å²) in [6.45, 7) is 2.44. The summed E-state index contributed by atoms with van der Waals surface area (Å²) in [5, 5.41) is 16.4. The lowest BCUT2D eigenvalue weighted by Crippen LogP contribution is -2.31. The topological polar surface area (TPSA) is 96.2 Å². The Kier molecular flexibility index (Phi) is 4.63. The van der Waals surface area contributed by atoms with Crippen LogP contribution in [0.3, 0.4) is 0 Å². The quantitative estimate of drug-likeness (QED) is 0.768. The van der Waals surface area contributed by atoms with E-state index in [0.29, 0.717) is 41.0 Å². The molecule has 7 heteroatoms. The van der Waals surface area contributed by atoms with E-state index >= 15 is 0 Å². The smallest absolute Gasteiger partial charge is 0.256 e. The minimum Gasteiger partial charge on any atom is -0.469 e. The van der Waals surface area contributed by atoms with E-state index in [9.17, 15) is 10.1 Å². The Hall–Kier alpha value is -3.14. The number of aryl methyl sites for hydroxylation is 1. The van der Waals surface area contributed by atoms with Crippen LogP contribution in [0.1, 0.15) is 59.1 Å². The molecule has 1 saturated carbocycles. The molecule has 27 heavy (non-hydrogen) atoms. The van der Waals surface area contributed by atoms with Crippen molar-refractivity contribution in [1.82, 2.24) is 19.9 Å². The maximum atomic E-state index is 12.6. The van der Waals surface area contributed by atoms with E-state index < -0.39 is 0 Å². The van der Waals surface area contributed by atoms with Crippen molar-refractivity contribution >= 4 is 11.6 Å². The molecule has 1 amide bonds. The third-order valence-electron chi connectivity index (χ3n) is 5.30. The van der Waals surface area contributed by atoms with Gasteiger partial charge in [-0.25, -0.2) is 9.50 Å². The molecule has 0 bridgehead atoms. The van der Waals surface area contributed by atoms with E-state index in [1.54, 1.807) is 19.3 Å². The lowest BCUT2D eigenvalue weighted by atomic mass is 9.81. The van der Waals surface area contributed by atoms with Gasteiger partial charge in [0.15, 0.2) is 5.65 Å². The fourth-order valence-electron chi connectivity index (χ4n) is 3.83. The molecule has 7 nitrogen and oxygen atoms in total. The minimum atomic E-state index is -0.194. The fraction of sp³-hybridized carbons (Fsp3) is 0.400. The molecule has 1 fully saturated rings. The number of nitrogens with zero attached hydrogens (tertiary/aromatic N) is 4. The molecule has 1 N–H and O–H groups in total. The summed E-state index contributed by atoms with van der Waals surface area (Å²) < 4.78 is 6.93. The van der Waals surface area contributed by atoms with Crippen molar-refractivity contribution < 1.29 is 9.21 Å². The van der Waals surface area contributed by atoms with Crippen molar-refractivity contribution in [3.63, 3.8) is 0 Å². The number of carbonyl (C=O) groups is 1. The second-order valence-corrected chi connectivity index (χ2v) is 7.13. The zero-order valence-electron chi connectivity index (χ0n) is 15.2. The molecule has 0 atom stereocenters. The van der Waals surface area contributed by atoms with Crippen LogP contribution in [0.5, 0.6) is 0 Å². The van der Waals surface area contributed by atoms with Crippen LogP contribution in [-0.2, 0) is 0 Å². The first-order valence-electron chi connectivity index (χ1n) is 9.23. The van der Waals surface area contributed by atoms with E-state index in [1.165, 1.54) is 10.7 Å². The summed E-state index contributed by atoms with van der Waals surface area (Å²) in [4.78, 5) is 17.0. The van der Waals surface area contributed by atoms with E-state index in [2.05, 4.69) is 21.5 Å². The molecule has 0 unspecified atom stereocenters. The Morgan fingerprint density at radius 2 is 2.22 bits per heavy atom. The van der Waals surface area contributed by atoms with Gasteiger partial charge >= 0.3 is 0 Å². The van der Waals surface area contributed by atoms with Gasteiger partial charge in [-0.1, -0.05) is 0 Å². The predicted octanol–water partition coefficient (Wildman–Crippen LogP) is 3.21. The molecule has 3 aromatic heterocycles. The number of rotatable bonds is 4. The summed E-state index contributed by atoms with van der Waals surface area (Å²) >= 11 is 0. The lowest BCUT2D eigenvalue weighted by Gasteiger charge is -2.27. The Bertz CT molecular complexity index is 991. The van der Waals surface area contributed by atoms with Gasteiger partial charge in [0.05, 0.1) is 12.5 Å². The molecule has 0 aromatic carbocycles. The van der Waals surface area contributed by atoms with Gasteiger partial charge in [0.25, 0.3) is 5.91 Å². The summed E-state index contributed by atoms with van der Waals surface area (Å²) in [6.07, 6.45) is 7.50. The molecule has 3 aromatic rings. The van der Waals surface area contributed by atoms with Gasteiger partial charge in [-0.05, 0) is 56.7 Å². The summed E-state index contributed by atoms with van der Waals surface area (Å²) in [5.74, 6) is 1.83. The van der Waals surface area contributed by atoms with Crippen molar-refractivity contribution in [2.24, 2.45) is 5.92 Å². The monoisotopic (exact) mass is 363 g/mol. The van der Waals surface area contributed by atoms with E-state index in [-0.39, 0.29) is 5.91 Å². The second kappa shape index (κ2) is 7.23. The highest BCUT2D eigenvalue weighted by Gasteiger charge is 2.25. The second-order valence-electron chi connectivity index (χ2n) is 7.13. The molecule has 0 radical (unpaired) electrons. The molecule has 0 spiro atoms. The van der Waals surface area contributed by atoms with Crippen molar-refractivity contribution in [2.75, 3.05) is 6.54 Å². The molecule has 3 heterocycles. The van der Waals surface area contributed by atoms with Crippen LogP contribution in [0.25, 0.3) is 5.65 Å². The maximum absolute atomic E-state index is 12.6. The van der Waals surface area contributed by atoms with Gasteiger partial charge in [0, 0.05) is 18.2 Å². The van der Waals surface area contributed by atoms with Gasteiger partial charge in [-0.15, -0.1) is 0 Å². The minimum absolute atomic E-state index is 0.194. The molecule has 1 aliphatic rings. The first kappa shape index (κ1) is 17.3. The van der Waals surface area contributed by atoms with E-state index in [1.807, 2.05) is 12.1 Å². The number of aromatic nitrogens is 3. The Balaban J connectivity index is 1.39. The van der Waals surface area contributed by atoms with Crippen LogP contribution in [0.4, 0.5) is 0 Å². The van der Waals surface area contributed by atoms with Gasteiger partial charge in [0.2, 0.25) is 0 Å². The first-order valence-corrected chi connectivity index (χ1v) is 9.23. The van der Waals surface area contributed by atoms with Crippen LogP contribution < -0.4 is 5.32 Å². The zero-order valence-corrected chi connectivity index (χ0v) is 15.2. The van der Waals surface area contributed by atoms with Crippen LogP contribution >= 0.6 is 0 Å². The third-order valence-corrected chi connectivity index (χ3v) is 5.30. The van der Waals surface area contributed by atoms with Crippen LogP contribution in [0.15, 0.2) is 35.1 Å². The molecule has 0 aliphatic heterocycles. The number of nitriles is 1. The van der Waals surface area contributed by atoms with E-state index in [0.717, 1.165) is 31.4 Å². The molecular formula is C20H21N5O2. The number of carbonyl (C=O) groups excluding carboxylic acids is 1. The van der Waals surface area contributed by atoms with Crippen molar-refractivity contribution in [1.29, 1.82) is 5.26 Å². The average molecular weight is 363 g/mol. The summed E-state index contributed by atoms with van der Waals surface area (Å²) in [7, 11) is 0. The summed E-state index contributed by atoms with van der Waals surface area (Å²) in [6, 6.07) is 7.72. The highest BCUT2D eigenvalue weighted by molar-refractivity contribution is 5.99. The molecule has 4 rings (SSSR count). The van der Waals surface area contributed by atoms with Crippen molar-refractivity contribution in [3.05, 3.63) is 53.4 Å². The normalized spacial score (nSPS) is 19.7. The first-order chi connectivity index (χ1) is 13.2. The standard InChI is InChI=1S/C20H21N5O2/c1-13-9-16(10-21)25-19(24-13)17(12-23-25)20(26)22-11-14-4-6-15(7-5-14)18-3-2-8-27-18/h2-3,8-9,12,14-15H,4-7,11H2,1H3,(H,22,26). The number of nitrogens with one attached hydrogen (secondary N) is 1. The molecule has 0 saturated heterocycles. The molecule has 138 valence electrons. The number of fused-ring (bicyclic) bond motifs is 1. The Morgan fingerprint density at radius 3 is 2.93 bits per heavy atom. The number of hydrogen-bond donors (Lipinski definition) is 1. The Morgan fingerprint density at radius 1 is 1.41 bits per heavy atom. The fourth-order valence-corrected chi connectivity index (χ4v) is 3.83. The Labute approximate surface area is 157 Å². The summed E-state index contributed by atoms with van der Waals surface area (Å²) in [5.41, 5.74) is 1.88. The maximum Gasteiger partial charge on any atom is 0.256 e. The predicted molar refractivity (Wildman–Crippen MR) is 98.2 cm³/mol. The van der Waals surface area contributed by atoms with Crippen molar-refractivity contribution in [2.45, 2.75) is 38.5 Å². The largest absolute Gasteiger partial charge is 0.469 e.